The first-order chi connectivity index (χ1) is 17.7. The number of rotatable bonds is 11. The van der Waals surface area contributed by atoms with E-state index in [2.05, 4.69) is 19.8 Å². The number of carbonyl (C=O) groups is 1. The number of piperazine rings is 1. The lowest BCUT2D eigenvalue weighted by Gasteiger charge is -2.31. The number of methoxy groups -OCH3 is 4. The summed E-state index contributed by atoms with van der Waals surface area (Å²) >= 11 is 0. The maximum absolute atomic E-state index is 12.8. The van der Waals surface area contributed by atoms with Crippen LogP contribution in [0.3, 0.4) is 0 Å². The van der Waals surface area contributed by atoms with Gasteiger partial charge in [0.25, 0.3) is 10.0 Å². The predicted octanol–water partition coefficient (Wildman–Crippen LogP) is 2.32. The zero-order valence-corrected chi connectivity index (χ0v) is 22.6. The summed E-state index contributed by atoms with van der Waals surface area (Å²) in [4.78, 5) is 16.9. The number of carbonyl (C=O) groups excluding carboxylic acids is 1. The zero-order chi connectivity index (χ0) is 27.0. The molecule has 2 aromatic rings. The normalized spacial score (nSPS) is 14.8. The molecule has 3 rings (SSSR count). The second kappa shape index (κ2) is 12.7. The summed E-state index contributed by atoms with van der Waals surface area (Å²) in [5.41, 5.74) is 1.06. The monoisotopic (exact) mass is 534 g/mol. The second-order valence-electron chi connectivity index (χ2n) is 8.44. The van der Waals surface area contributed by atoms with Crippen molar-refractivity contribution in [3.05, 3.63) is 41.3 Å². The highest BCUT2D eigenvalue weighted by molar-refractivity contribution is 7.95. The van der Waals surface area contributed by atoms with Gasteiger partial charge in [0.2, 0.25) is 5.91 Å². The number of hydrogen-bond acceptors (Lipinski definition) is 9. The molecule has 0 saturated carbocycles. The SMILES string of the molecule is COc1cc(OC)c(/C=C/S(=O)(=O)Nc2ccc(OC)c(NC(=O)CN3CCN(C)CC3)c2)c(OC)c1. The van der Waals surface area contributed by atoms with Crippen LogP contribution < -0.4 is 29.0 Å². The summed E-state index contributed by atoms with van der Waals surface area (Å²) in [6.45, 7) is 3.64. The molecule has 0 unspecified atom stereocenters. The van der Waals surface area contributed by atoms with Crippen molar-refractivity contribution in [2.75, 3.05) is 78.2 Å². The number of sulfonamides is 1. The maximum Gasteiger partial charge on any atom is 0.255 e. The van der Waals surface area contributed by atoms with Crippen LogP contribution in [0.1, 0.15) is 5.56 Å². The molecule has 0 aliphatic carbocycles. The summed E-state index contributed by atoms with van der Waals surface area (Å²) in [5, 5.41) is 3.84. The number of amides is 1. The van der Waals surface area contributed by atoms with Crippen LogP contribution in [0, 0.1) is 0 Å². The van der Waals surface area contributed by atoms with Gasteiger partial charge in [-0.15, -0.1) is 0 Å². The first kappa shape index (κ1) is 28.1. The second-order valence-corrected chi connectivity index (χ2v) is 10.0. The van der Waals surface area contributed by atoms with Crippen molar-refractivity contribution in [3.63, 3.8) is 0 Å². The van der Waals surface area contributed by atoms with Crippen LogP contribution in [0.5, 0.6) is 23.0 Å². The highest BCUT2D eigenvalue weighted by atomic mass is 32.2. The number of benzene rings is 2. The van der Waals surface area contributed by atoms with Gasteiger partial charge >= 0.3 is 0 Å². The number of anilines is 2. The molecule has 1 aliphatic rings. The highest BCUT2D eigenvalue weighted by Crippen LogP contribution is 2.35. The van der Waals surface area contributed by atoms with Gasteiger partial charge in [0.05, 0.1) is 57.3 Å². The molecule has 12 heteroatoms. The van der Waals surface area contributed by atoms with E-state index >= 15 is 0 Å². The molecule has 0 aromatic heterocycles. The van der Waals surface area contributed by atoms with E-state index < -0.39 is 10.0 Å². The molecule has 0 bridgehead atoms. The Bertz CT molecular complexity index is 1200. The minimum Gasteiger partial charge on any atom is -0.496 e. The van der Waals surface area contributed by atoms with E-state index in [1.807, 2.05) is 7.05 Å². The van der Waals surface area contributed by atoms with E-state index in [9.17, 15) is 13.2 Å². The molecule has 1 heterocycles. The van der Waals surface area contributed by atoms with Crippen molar-refractivity contribution in [2.45, 2.75) is 0 Å². The standard InChI is InChI=1S/C25H34N4O7S/c1-28-9-11-29(12-10-28)17-25(30)26-21-14-18(6-7-22(21)34-3)27-37(31,32)13-8-20-23(35-4)15-19(33-2)16-24(20)36-5/h6-8,13-16,27H,9-12,17H2,1-5H3,(H,26,30)/b13-8+. The van der Waals surface area contributed by atoms with Gasteiger partial charge in [-0.2, -0.15) is 0 Å². The van der Waals surface area contributed by atoms with Gasteiger partial charge < -0.3 is 29.2 Å². The Kier molecular flexibility index (Phi) is 9.61. The minimum atomic E-state index is -3.93. The van der Waals surface area contributed by atoms with E-state index in [0.717, 1.165) is 31.6 Å². The molecule has 0 radical (unpaired) electrons. The van der Waals surface area contributed by atoms with Gasteiger partial charge in [-0.25, -0.2) is 8.42 Å². The average Bonchev–Trinajstić information content (AvgIpc) is 2.88. The molecule has 1 amide bonds. The third kappa shape index (κ3) is 7.75. The fraction of sp³-hybridized carbons (Fsp3) is 0.400. The van der Waals surface area contributed by atoms with Gasteiger partial charge in [0.15, 0.2) is 0 Å². The Morgan fingerprint density at radius 1 is 0.919 bits per heavy atom. The molecule has 2 N–H and O–H groups in total. The Labute approximate surface area is 218 Å². The van der Waals surface area contributed by atoms with E-state index in [4.69, 9.17) is 18.9 Å². The molecule has 202 valence electrons. The number of hydrogen-bond donors (Lipinski definition) is 2. The lowest BCUT2D eigenvalue weighted by Crippen LogP contribution is -2.47. The van der Waals surface area contributed by atoms with E-state index in [1.165, 1.54) is 40.6 Å². The lowest BCUT2D eigenvalue weighted by molar-refractivity contribution is -0.117. The van der Waals surface area contributed by atoms with Gasteiger partial charge in [-0.1, -0.05) is 0 Å². The van der Waals surface area contributed by atoms with Crippen LogP contribution >= 0.6 is 0 Å². The molecule has 2 aromatic carbocycles. The Hall–Kier alpha value is -3.48. The summed E-state index contributed by atoms with van der Waals surface area (Å²) < 4.78 is 49.5. The summed E-state index contributed by atoms with van der Waals surface area (Å²) in [6.07, 6.45) is 1.38. The van der Waals surface area contributed by atoms with E-state index in [1.54, 1.807) is 24.3 Å². The minimum absolute atomic E-state index is 0.207. The molecular formula is C25H34N4O7S. The summed E-state index contributed by atoms with van der Waals surface area (Å²) in [6, 6.07) is 7.91. The Morgan fingerprint density at radius 2 is 1.54 bits per heavy atom. The molecule has 0 spiro atoms. The van der Waals surface area contributed by atoms with Crippen LogP contribution in [-0.2, 0) is 14.8 Å². The van der Waals surface area contributed by atoms with Crippen molar-refractivity contribution < 1.29 is 32.2 Å². The number of likely N-dealkylation sites (N-methyl/N-ethyl adjacent to an activating group) is 1. The highest BCUT2D eigenvalue weighted by Gasteiger charge is 2.18. The first-order valence-corrected chi connectivity index (χ1v) is 13.1. The van der Waals surface area contributed by atoms with Crippen molar-refractivity contribution in [3.8, 4) is 23.0 Å². The lowest BCUT2D eigenvalue weighted by atomic mass is 10.1. The van der Waals surface area contributed by atoms with Crippen molar-refractivity contribution in [2.24, 2.45) is 0 Å². The number of nitrogens with one attached hydrogen (secondary N) is 2. The van der Waals surface area contributed by atoms with Gasteiger partial charge in [-0.05, 0) is 31.3 Å². The van der Waals surface area contributed by atoms with Gasteiger partial charge in [0, 0.05) is 38.3 Å². The quantitative estimate of drug-likeness (QED) is 0.448. The number of nitrogens with zero attached hydrogens (tertiary/aromatic N) is 2. The third-order valence-corrected chi connectivity index (χ3v) is 6.88. The first-order valence-electron chi connectivity index (χ1n) is 11.6. The van der Waals surface area contributed by atoms with Gasteiger partial charge in [-0.3, -0.25) is 14.4 Å². The summed E-state index contributed by atoms with van der Waals surface area (Å²) in [5.74, 6) is 1.49. The van der Waals surface area contributed by atoms with Crippen LogP contribution in [0.2, 0.25) is 0 Å². The predicted molar refractivity (Wildman–Crippen MR) is 143 cm³/mol. The van der Waals surface area contributed by atoms with Crippen LogP contribution in [0.25, 0.3) is 6.08 Å². The van der Waals surface area contributed by atoms with Crippen LogP contribution in [0.15, 0.2) is 35.7 Å². The van der Waals surface area contributed by atoms with E-state index in [-0.39, 0.29) is 18.1 Å². The fourth-order valence-electron chi connectivity index (χ4n) is 3.82. The number of ether oxygens (including phenoxy) is 4. The van der Waals surface area contributed by atoms with Crippen LogP contribution in [-0.4, -0.2) is 92.3 Å². The molecule has 11 nitrogen and oxygen atoms in total. The smallest absolute Gasteiger partial charge is 0.255 e. The molecule has 0 atom stereocenters. The molecule has 37 heavy (non-hydrogen) atoms. The molecule has 1 saturated heterocycles. The van der Waals surface area contributed by atoms with Crippen LogP contribution in [0.4, 0.5) is 11.4 Å². The Morgan fingerprint density at radius 3 is 2.11 bits per heavy atom. The van der Waals surface area contributed by atoms with Gasteiger partial charge in [0.1, 0.15) is 23.0 Å². The largest absolute Gasteiger partial charge is 0.496 e. The van der Waals surface area contributed by atoms with E-state index in [0.29, 0.717) is 34.2 Å². The molecular weight excluding hydrogens is 500 g/mol. The molecule has 1 aliphatic heterocycles. The summed E-state index contributed by atoms with van der Waals surface area (Å²) in [7, 11) is 4.04. The zero-order valence-electron chi connectivity index (χ0n) is 21.7. The van der Waals surface area contributed by atoms with Crippen molar-refractivity contribution in [1.29, 1.82) is 0 Å². The van der Waals surface area contributed by atoms with Crippen molar-refractivity contribution in [1.82, 2.24) is 9.80 Å². The maximum atomic E-state index is 12.8. The fourth-order valence-corrected chi connectivity index (χ4v) is 4.66. The molecule has 1 fully saturated rings. The topological polar surface area (TPSA) is 119 Å². The Balaban J connectivity index is 1.75. The third-order valence-electron chi connectivity index (χ3n) is 5.86. The van der Waals surface area contributed by atoms with Crippen molar-refractivity contribution >= 4 is 33.4 Å². The average molecular weight is 535 g/mol.